The van der Waals surface area contributed by atoms with Crippen molar-refractivity contribution in [2.45, 2.75) is 38.5 Å². The molecule has 0 amide bonds. The van der Waals surface area contributed by atoms with Gasteiger partial charge in [0.15, 0.2) is 0 Å². The zero-order valence-electron chi connectivity index (χ0n) is 35.5. The number of para-hydroxylation sites is 4. The lowest BCUT2D eigenvalue weighted by molar-refractivity contribution is 0.660. The van der Waals surface area contributed by atoms with E-state index in [2.05, 4.69) is 243 Å². The van der Waals surface area contributed by atoms with Gasteiger partial charge in [0, 0.05) is 44.0 Å². The highest BCUT2D eigenvalue weighted by atomic mass is 15.2. The molecule has 9 aromatic carbocycles. The lowest BCUT2D eigenvalue weighted by atomic mass is 9.82. The standard InChI is InChI=1S/C60H46N2/c1-59(2)48-28-13-8-25-46(48)57-45(27-18-30-50(57)59)43-24-12-17-34-54(43)62(55-35-19-31-51-58(55)47-26-9-14-29-49(47)60(51,3)4)52-32-15-10-22-41(52)39-36-37-44-42-23-11-16-33-53(42)61(56(44)38-39)40-20-6-5-7-21-40/h5-38H,1-4H3. The maximum atomic E-state index is 2.57. The van der Waals surface area contributed by atoms with Crippen molar-refractivity contribution in [3.63, 3.8) is 0 Å². The van der Waals surface area contributed by atoms with Crippen LogP contribution in [0.25, 0.3) is 72.0 Å². The van der Waals surface area contributed by atoms with Crippen molar-refractivity contribution < 1.29 is 0 Å². The fourth-order valence-electron chi connectivity index (χ4n) is 11.1. The zero-order chi connectivity index (χ0) is 41.7. The Morgan fingerprint density at radius 2 is 0.823 bits per heavy atom. The monoisotopic (exact) mass is 794 g/mol. The second-order valence-electron chi connectivity index (χ2n) is 18.1. The Bertz CT molecular complexity index is 3420. The van der Waals surface area contributed by atoms with Gasteiger partial charge in [-0.1, -0.05) is 191 Å². The summed E-state index contributed by atoms with van der Waals surface area (Å²) in [6.07, 6.45) is 0. The van der Waals surface area contributed by atoms with Crippen LogP contribution in [0.5, 0.6) is 0 Å². The summed E-state index contributed by atoms with van der Waals surface area (Å²) in [7, 11) is 0. The summed E-state index contributed by atoms with van der Waals surface area (Å²) in [6, 6.07) is 76.6. The Labute approximate surface area is 364 Å². The van der Waals surface area contributed by atoms with Gasteiger partial charge in [-0.05, 0) is 92.5 Å². The molecule has 0 unspecified atom stereocenters. The number of anilines is 3. The zero-order valence-corrected chi connectivity index (χ0v) is 35.5. The molecule has 0 aliphatic heterocycles. The number of hydrogen-bond acceptors (Lipinski definition) is 1. The molecule has 2 heteroatoms. The number of hydrogen-bond donors (Lipinski definition) is 0. The highest BCUT2D eigenvalue weighted by molar-refractivity contribution is 6.11. The van der Waals surface area contributed by atoms with Crippen LogP contribution in [0.2, 0.25) is 0 Å². The van der Waals surface area contributed by atoms with E-state index in [-0.39, 0.29) is 10.8 Å². The molecule has 10 aromatic rings. The molecule has 2 aliphatic carbocycles. The van der Waals surface area contributed by atoms with E-state index in [1.807, 2.05) is 0 Å². The normalized spacial score (nSPS) is 14.1. The molecule has 0 atom stereocenters. The molecule has 12 rings (SSSR count). The van der Waals surface area contributed by atoms with E-state index in [1.54, 1.807) is 0 Å². The summed E-state index contributed by atoms with van der Waals surface area (Å²) in [5, 5.41) is 2.50. The molecule has 2 nitrogen and oxygen atoms in total. The lowest BCUT2D eigenvalue weighted by Gasteiger charge is -2.32. The van der Waals surface area contributed by atoms with Gasteiger partial charge in [0.1, 0.15) is 0 Å². The fraction of sp³-hybridized carbons (Fsp3) is 0.100. The van der Waals surface area contributed by atoms with Crippen LogP contribution in [-0.2, 0) is 10.8 Å². The van der Waals surface area contributed by atoms with E-state index in [9.17, 15) is 0 Å². The van der Waals surface area contributed by atoms with Crippen molar-refractivity contribution in [3.05, 3.63) is 229 Å². The minimum atomic E-state index is -0.155. The Kier molecular flexibility index (Phi) is 7.96. The van der Waals surface area contributed by atoms with E-state index >= 15 is 0 Å². The van der Waals surface area contributed by atoms with Gasteiger partial charge in [0.05, 0.1) is 28.1 Å². The molecule has 0 bridgehead atoms. The number of rotatable bonds is 6. The van der Waals surface area contributed by atoms with Crippen LogP contribution >= 0.6 is 0 Å². The Hall–Kier alpha value is -7.42. The van der Waals surface area contributed by atoms with E-state index in [1.165, 1.54) is 94.3 Å². The largest absolute Gasteiger partial charge is 0.309 e. The summed E-state index contributed by atoms with van der Waals surface area (Å²) in [5.74, 6) is 0. The first kappa shape index (κ1) is 36.4. The van der Waals surface area contributed by atoms with Crippen LogP contribution in [-0.4, -0.2) is 4.57 Å². The van der Waals surface area contributed by atoms with Gasteiger partial charge in [-0.15, -0.1) is 0 Å². The number of aromatic nitrogens is 1. The number of nitrogens with zero attached hydrogens (tertiary/aromatic N) is 2. The molecule has 0 N–H and O–H groups in total. The highest BCUT2D eigenvalue weighted by Gasteiger charge is 2.40. The molecule has 0 radical (unpaired) electrons. The van der Waals surface area contributed by atoms with Crippen LogP contribution in [0.4, 0.5) is 17.1 Å². The maximum absolute atomic E-state index is 2.57. The second-order valence-corrected chi connectivity index (χ2v) is 18.1. The molecular weight excluding hydrogens is 749 g/mol. The van der Waals surface area contributed by atoms with Crippen molar-refractivity contribution >= 4 is 38.9 Å². The van der Waals surface area contributed by atoms with Gasteiger partial charge in [0.2, 0.25) is 0 Å². The highest BCUT2D eigenvalue weighted by Crippen LogP contribution is 2.58. The Balaban J connectivity index is 1.15. The van der Waals surface area contributed by atoms with Crippen LogP contribution in [0, 0.1) is 0 Å². The van der Waals surface area contributed by atoms with Crippen molar-refractivity contribution in [2.75, 3.05) is 4.90 Å². The van der Waals surface area contributed by atoms with Crippen molar-refractivity contribution in [1.29, 1.82) is 0 Å². The van der Waals surface area contributed by atoms with Gasteiger partial charge < -0.3 is 9.47 Å². The number of fused-ring (bicyclic) bond motifs is 9. The third kappa shape index (κ3) is 5.16. The van der Waals surface area contributed by atoms with E-state index < -0.39 is 0 Å². The maximum Gasteiger partial charge on any atom is 0.0547 e. The second kappa shape index (κ2) is 13.5. The summed E-state index contributed by atoms with van der Waals surface area (Å²) < 4.78 is 2.42. The summed E-state index contributed by atoms with van der Waals surface area (Å²) in [6.45, 7) is 9.50. The van der Waals surface area contributed by atoms with Crippen LogP contribution in [0.1, 0.15) is 49.9 Å². The minimum absolute atomic E-state index is 0.112. The Morgan fingerprint density at radius 3 is 1.55 bits per heavy atom. The summed E-state index contributed by atoms with van der Waals surface area (Å²) in [4.78, 5) is 2.57. The van der Waals surface area contributed by atoms with E-state index in [0.717, 1.165) is 17.1 Å². The first-order valence-electron chi connectivity index (χ1n) is 21.9. The molecule has 0 spiro atoms. The molecule has 296 valence electrons. The molecule has 0 fully saturated rings. The van der Waals surface area contributed by atoms with Gasteiger partial charge in [0.25, 0.3) is 0 Å². The first-order valence-corrected chi connectivity index (χ1v) is 21.9. The fourth-order valence-corrected chi connectivity index (χ4v) is 11.1. The average molecular weight is 795 g/mol. The van der Waals surface area contributed by atoms with Gasteiger partial charge in [-0.25, -0.2) is 0 Å². The molecular formula is C60H46N2. The van der Waals surface area contributed by atoms with Crippen molar-refractivity contribution in [3.8, 4) is 50.2 Å². The third-order valence-electron chi connectivity index (χ3n) is 14.0. The third-order valence-corrected chi connectivity index (χ3v) is 14.0. The molecule has 0 saturated heterocycles. The van der Waals surface area contributed by atoms with Crippen molar-refractivity contribution in [1.82, 2.24) is 4.57 Å². The average Bonchev–Trinajstić information content (AvgIpc) is 3.87. The molecule has 2 aliphatic rings. The first-order chi connectivity index (χ1) is 30.3. The van der Waals surface area contributed by atoms with Gasteiger partial charge in [-0.3, -0.25) is 0 Å². The quantitative estimate of drug-likeness (QED) is 0.163. The van der Waals surface area contributed by atoms with Crippen LogP contribution < -0.4 is 4.90 Å². The smallest absolute Gasteiger partial charge is 0.0547 e. The number of benzene rings is 9. The van der Waals surface area contributed by atoms with E-state index in [4.69, 9.17) is 0 Å². The Morgan fingerprint density at radius 1 is 0.339 bits per heavy atom. The van der Waals surface area contributed by atoms with Gasteiger partial charge >= 0.3 is 0 Å². The van der Waals surface area contributed by atoms with Crippen molar-refractivity contribution in [2.24, 2.45) is 0 Å². The molecule has 1 aromatic heterocycles. The van der Waals surface area contributed by atoms with Gasteiger partial charge in [-0.2, -0.15) is 0 Å². The lowest BCUT2D eigenvalue weighted by Crippen LogP contribution is -2.16. The molecule has 0 saturated carbocycles. The minimum Gasteiger partial charge on any atom is -0.309 e. The van der Waals surface area contributed by atoms with E-state index in [0.29, 0.717) is 0 Å². The SMILES string of the molecule is CC1(C)c2ccccc2-c2c(-c3ccccc3N(c3ccccc3-c3ccc4c5ccccc5n(-c5ccccc5)c4c3)c3cccc4c3-c3ccccc3C4(C)C)cccc21. The predicted octanol–water partition coefficient (Wildman–Crippen LogP) is 16.2. The molecule has 1 heterocycles. The van der Waals surface area contributed by atoms with Crippen LogP contribution in [0.15, 0.2) is 206 Å². The summed E-state index contributed by atoms with van der Waals surface area (Å²) >= 11 is 0. The van der Waals surface area contributed by atoms with Crippen LogP contribution in [0.3, 0.4) is 0 Å². The summed E-state index contributed by atoms with van der Waals surface area (Å²) in [5.41, 5.74) is 22.2. The predicted molar refractivity (Wildman–Crippen MR) is 261 cm³/mol. The molecule has 62 heavy (non-hydrogen) atoms. The topological polar surface area (TPSA) is 8.17 Å².